The monoisotopic (exact) mass is 340 g/mol. The van der Waals surface area contributed by atoms with E-state index in [1.165, 1.54) is 10.6 Å². The van der Waals surface area contributed by atoms with Crippen LogP contribution in [0.25, 0.3) is 0 Å². The molecule has 5 nitrogen and oxygen atoms in total. The third kappa shape index (κ3) is 6.60. The molecule has 0 aliphatic carbocycles. The minimum absolute atomic E-state index is 0.0342. The number of sulfonamides is 1. The minimum atomic E-state index is -3.38. The van der Waals surface area contributed by atoms with Crippen molar-refractivity contribution in [1.29, 1.82) is 0 Å². The molecular formula is C17H28N2O3S. The van der Waals surface area contributed by atoms with E-state index in [1.807, 2.05) is 45.9 Å². The lowest BCUT2D eigenvalue weighted by Crippen LogP contribution is -2.33. The highest BCUT2D eigenvalue weighted by Gasteiger charge is 2.19. The summed E-state index contributed by atoms with van der Waals surface area (Å²) in [6.07, 6.45) is 2.02. The molecule has 0 aliphatic heterocycles. The van der Waals surface area contributed by atoms with Crippen LogP contribution in [0.2, 0.25) is 0 Å². The van der Waals surface area contributed by atoms with Gasteiger partial charge in [-0.15, -0.1) is 0 Å². The van der Waals surface area contributed by atoms with Crippen LogP contribution in [0, 0.1) is 19.8 Å². The van der Waals surface area contributed by atoms with E-state index >= 15 is 0 Å². The third-order valence-corrected chi connectivity index (χ3v) is 4.69. The average Bonchev–Trinajstić information content (AvgIpc) is 2.43. The van der Waals surface area contributed by atoms with Gasteiger partial charge < -0.3 is 5.32 Å². The van der Waals surface area contributed by atoms with Crippen molar-refractivity contribution in [2.45, 2.75) is 40.5 Å². The van der Waals surface area contributed by atoms with Gasteiger partial charge in [0.2, 0.25) is 15.9 Å². The summed E-state index contributed by atoms with van der Waals surface area (Å²) in [6, 6.07) is 5.74. The molecule has 0 spiro atoms. The van der Waals surface area contributed by atoms with Gasteiger partial charge in [-0.25, -0.2) is 8.42 Å². The van der Waals surface area contributed by atoms with Gasteiger partial charge in [-0.3, -0.25) is 9.10 Å². The Morgan fingerprint density at radius 2 is 1.91 bits per heavy atom. The van der Waals surface area contributed by atoms with Crippen molar-refractivity contribution >= 4 is 21.6 Å². The van der Waals surface area contributed by atoms with Crippen LogP contribution >= 0.6 is 0 Å². The van der Waals surface area contributed by atoms with E-state index in [9.17, 15) is 13.2 Å². The molecule has 1 aromatic carbocycles. The van der Waals surface area contributed by atoms with Crippen molar-refractivity contribution < 1.29 is 13.2 Å². The molecule has 0 aromatic heterocycles. The van der Waals surface area contributed by atoms with Crippen molar-refractivity contribution in [2.24, 2.45) is 5.92 Å². The second-order valence-corrected chi connectivity index (χ2v) is 8.33. The number of benzene rings is 1. The van der Waals surface area contributed by atoms with Crippen LogP contribution in [-0.2, 0) is 14.8 Å². The Morgan fingerprint density at radius 1 is 1.26 bits per heavy atom. The Balaban J connectivity index is 2.75. The summed E-state index contributed by atoms with van der Waals surface area (Å²) in [4.78, 5) is 11.8. The van der Waals surface area contributed by atoms with E-state index in [0.29, 0.717) is 37.5 Å². The molecule has 6 heteroatoms. The molecule has 0 saturated carbocycles. The first-order chi connectivity index (χ1) is 10.6. The molecule has 1 N–H and O–H groups in total. The van der Waals surface area contributed by atoms with Gasteiger partial charge >= 0.3 is 0 Å². The quantitative estimate of drug-likeness (QED) is 0.791. The Morgan fingerprint density at radius 3 is 2.48 bits per heavy atom. The SMILES string of the molecule is Cc1ccc(C)c(N(CCCC(=O)NCC(C)C)S(C)(=O)=O)c1. The van der Waals surface area contributed by atoms with Crippen LogP contribution in [0.15, 0.2) is 18.2 Å². The molecule has 1 amide bonds. The molecular weight excluding hydrogens is 312 g/mol. The van der Waals surface area contributed by atoms with Crippen LogP contribution in [0.3, 0.4) is 0 Å². The van der Waals surface area contributed by atoms with Gasteiger partial charge in [-0.2, -0.15) is 0 Å². The number of carbonyl (C=O) groups excluding carboxylic acids is 1. The summed E-state index contributed by atoms with van der Waals surface area (Å²) in [6.45, 7) is 8.84. The van der Waals surface area contributed by atoms with Crippen molar-refractivity contribution in [3.63, 3.8) is 0 Å². The smallest absolute Gasteiger partial charge is 0.232 e. The molecule has 1 aromatic rings. The molecule has 130 valence electrons. The van der Waals surface area contributed by atoms with Crippen molar-refractivity contribution in [3.8, 4) is 0 Å². The maximum Gasteiger partial charge on any atom is 0.232 e. The predicted octanol–water partition coefficient (Wildman–Crippen LogP) is 2.62. The molecule has 0 heterocycles. The largest absolute Gasteiger partial charge is 0.356 e. The number of rotatable bonds is 8. The summed E-state index contributed by atoms with van der Waals surface area (Å²) < 4.78 is 25.6. The van der Waals surface area contributed by atoms with Crippen LogP contribution in [0.4, 0.5) is 5.69 Å². The number of carbonyl (C=O) groups is 1. The van der Waals surface area contributed by atoms with Crippen molar-refractivity contribution in [3.05, 3.63) is 29.3 Å². The van der Waals surface area contributed by atoms with E-state index in [4.69, 9.17) is 0 Å². The molecule has 0 fully saturated rings. The topological polar surface area (TPSA) is 66.5 Å². The van der Waals surface area contributed by atoms with Gasteiger partial charge in [0.05, 0.1) is 11.9 Å². The summed E-state index contributed by atoms with van der Waals surface area (Å²) in [5.41, 5.74) is 2.61. The number of hydrogen-bond acceptors (Lipinski definition) is 3. The van der Waals surface area contributed by atoms with E-state index in [1.54, 1.807) is 0 Å². The predicted molar refractivity (Wildman–Crippen MR) is 95.2 cm³/mol. The zero-order chi connectivity index (χ0) is 17.6. The van der Waals surface area contributed by atoms with E-state index in [-0.39, 0.29) is 5.91 Å². The number of nitrogens with one attached hydrogen (secondary N) is 1. The van der Waals surface area contributed by atoms with Crippen molar-refractivity contribution in [1.82, 2.24) is 5.32 Å². The fraction of sp³-hybridized carbons (Fsp3) is 0.588. The van der Waals surface area contributed by atoms with Crippen LogP contribution in [0.1, 0.15) is 37.8 Å². The summed E-state index contributed by atoms with van der Waals surface area (Å²) in [5, 5.41) is 2.85. The standard InChI is InChI=1S/C17H28N2O3S/c1-13(2)12-18-17(20)7-6-10-19(23(5,21)22)16-11-14(3)8-9-15(16)4/h8-9,11,13H,6-7,10,12H2,1-5H3,(H,18,20). The van der Waals surface area contributed by atoms with Crippen molar-refractivity contribution in [2.75, 3.05) is 23.7 Å². The number of anilines is 1. The second kappa shape index (κ2) is 8.34. The van der Waals surface area contributed by atoms with Gasteiger partial charge in [-0.05, 0) is 43.4 Å². The Hall–Kier alpha value is -1.56. The molecule has 0 bridgehead atoms. The lowest BCUT2D eigenvalue weighted by atomic mass is 10.1. The van der Waals surface area contributed by atoms with E-state index in [2.05, 4.69) is 5.32 Å². The van der Waals surface area contributed by atoms with E-state index in [0.717, 1.165) is 11.1 Å². The molecule has 1 rings (SSSR count). The second-order valence-electron chi connectivity index (χ2n) is 6.43. The Kier molecular flexibility index (Phi) is 7.06. The minimum Gasteiger partial charge on any atom is -0.356 e. The number of hydrogen-bond donors (Lipinski definition) is 1. The van der Waals surface area contributed by atoms with Gasteiger partial charge in [-0.1, -0.05) is 26.0 Å². The Labute approximate surface area is 140 Å². The highest BCUT2D eigenvalue weighted by atomic mass is 32.2. The summed E-state index contributed by atoms with van der Waals surface area (Å²) in [7, 11) is -3.38. The summed E-state index contributed by atoms with van der Waals surface area (Å²) in [5.74, 6) is 0.370. The fourth-order valence-corrected chi connectivity index (χ4v) is 3.26. The van der Waals surface area contributed by atoms with Gasteiger partial charge in [0, 0.05) is 19.5 Å². The highest BCUT2D eigenvalue weighted by molar-refractivity contribution is 7.92. The molecule has 0 saturated heterocycles. The zero-order valence-corrected chi connectivity index (χ0v) is 15.5. The lowest BCUT2D eigenvalue weighted by molar-refractivity contribution is -0.121. The Bertz CT molecular complexity index is 639. The van der Waals surface area contributed by atoms with Crippen LogP contribution < -0.4 is 9.62 Å². The zero-order valence-electron chi connectivity index (χ0n) is 14.7. The van der Waals surface area contributed by atoms with Gasteiger partial charge in [0.15, 0.2) is 0 Å². The van der Waals surface area contributed by atoms with E-state index < -0.39 is 10.0 Å². The highest BCUT2D eigenvalue weighted by Crippen LogP contribution is 2.24. The molecule has 0 atom stereocenters. The van der Waals surface area contributed by atoms with Crippen LogP contribution in [-0.4, -0.2) is 33.7 Å². The maximum absolute atomic E-state index is 12.1. The first-order valence-electron chi connectivity index (χ1n) is 7.93. The third-order valence-electron chi connectivity index (χ3n) is 3.51. The van der Waals surface area contributed by atoms with Gasteiger partial charge in [0.25, 0.3) is 0 Å². The molecule has 0 aliphatic rings. The maximum atomic E-state index is 12.1. The molecule has 23 heavy (non-hydrogen) atoms. The average molecular weight is 340 g/mol. The molecule has 0 unspecified atom stereocenters. The van der Waals surface area contributed by atoms with Gasteiger partial charge in [0.1, 0.15) is 0 Å². The number of nitrogens with zero attached hydrogens (tertiary/aromatic N) is 1. The molecule has 0 radical (unpaired) electrons. The number of aryl methyl sites for hydroxylation is 2. The fourth-order valence-electron chi connectivity index (χ4n) is 2.24. The van der Waals surface area contributed by atoms with Crippen LogP contribution in [0.5, 0.6) is 0 Å². The summed E-state index contributed by atoms with van der Waals surface area (Å²) >= 11 is 0. The number of amides is 1. The lowest BCUT2D eigenvalue weighted by Gasteiger charge is -2.24. The first-order valence-corrected chi connectivity index (χ1v) is 9.77. The normalized spacial score (nSPS) is 11.6. The first kappa shape index (κ1) is 19.5.